The van der Waals surface area contributed by atoms with Gasteiger partial charge in [0.15, 0.2) is 5.96 Å². The highest BCUT2D eigenvalue weighted by molar-refractivity contribution is 5.84. The van der Waals surface area contributed by atoms with Crippen molar-refractivity contribution in [2.75, 3.05) is 45.9 Å². The molecule has 1 saturated heterocycles. The van der Waals surface area contributed by atoms with Crippen molar-refractivity contribution in [1.82, 2.24) is 20.9 Å². The van der Waals surface area contributed by atoms with Gasteiger partial charge in [-0.2, -0.15) is 0 Å². The molecule has 0 radical (unpaired) electrons. The van der Waals surface area contributed by atoms with Gasteiger partial charge >= 0.3 is 0 Å². The minimum absolute atomic E-state index is 0.0566. The molecule has 1 aliphatic heterocycles. The Bertz CT molecular complexity index is 574. The molecule has 8 heteroatoms. The first-order valence-corrected chi connectivity index (χ1v) is 9.72. The monoisotopic (exact) mass is 379 g/mol. The van der Waals surface area contributed by atoms with E-state index >= 15 is 0 Å². The Kier molecular flexibility index (Phi) is 9.13. The minimum atomic E-state index is -0.152. The summed E-state index contributed by atoms with van der Waals surface area (Å²) in [7, 11) is 0. The van der Waals surface area contributed by atoms with Crippen molar-refractivity contribution in [3.63, 3.8) is 0 Å². The van der Waals surface area contributed by atoms with Gasteiger partial charge in [-0.25, -0.2) is 4.99 Å². The highest BCUT2D eigenvalue weighted by Gasteiger charge is 2.21. The van der Waals surface area contributed by atoms with Gasteiger partial charge in [0.25, 0.3) is 0 Å². The van der Waals surface area contributed by atoms with Crippen molar-refractivity contribution in [3.8, 4) is 0 Å². The van der Waals surface area contributed by atoms with E-state index in [1.54, 1.807) is 12.3 Å². The Balaban J connectivity index is 1.74. The maximum Gasteiger partial charge on any atom is 0.242 e. The lowest BCUT2D eigenvalue weighted by Gasteiger charge is -2.34. The van der Waals surface area contributed by atoms with E-state index in [9.17, 15) is 4.79 Å². The Hall–Kier alpha value is -2.06. The number of furan rings is 1. The Morgan fingerprint density at radius 1 is 1.37 bits per heavy atom. The molecule has 27 heavy (non-hydrogen) atoms. The van der Waals surface area contributed by atoms with Crippen LogP contribution in [0.25, 0.3) is 0 Å². The molecule has 0 bridgehead atoms. The zero-order valence-electron chi connectivity index (χ0n) is 16.7. The van der Waals surface area contributed by atoms with Crippen LogP contribution >= 0.6 is 0 Å². The van der Waals surface area contributed by atoms with E-state index in [1.807, 2.05) is 13.0 Å². The van der Waals surface area contributed by atoms with Gasteiger partial charge in [-0.3, -0.25) is 9.69 Å². The molecule has 3 N–H and O–H groups in total. The van der Waals surface area contributed by atoms with E-state index in [0.717, 1.165) is 38.5 Å². The third kappa shape index (κ3) is 8.45. The average molecular weight is 380 g/mol. The lowest BCUT2D eigenvalue weighted by molar-refractivity contribution is -0.119. The van der Waals surface area contributed by atoms with Crippen LogP contribution in [-0.2, 0) is 16.1 Å². The number of amides is 1. The normalized spacial score (nSPS) is 18.5. The summed E-state index contributed by atoms with van der Waals surface area (Å²) in [5.74, 6) is 1.84. The van der Waals surface area contributed by atoms with Gasteiger partial charge in [0.05, 0.1) is 25.5 Å². The number of carbonyl (C=O) groups excluding carboxylic acids is 1. The summed E-state index contributed by atoms with van der Waals surface area (Å²) < 4.78 is 11.0. The molecule has 0 saturated carbocycles. The van der Waals surface area contributed by atoms with Crippen LogP contribution in [0.2, 0.25) is 0 Å². The van der Waals surface area contributed by atoms with Crippen molar-refractivity contribution in [2.45, 2.75) is 33.4 Å². The van der Waals surface area contributed by atoms with Gasteiger partial charge in [0.1, 0.15) is 12.3 Å². The molecule has 1 atom stereocenters. The van der Waals surface area contributed by atoms with Crippen molar-refractivity contribution < 1.29 is 13.9 Å². The Morgan fingerprint density at radius 3 is 2.93 bits per heavy atom. The number of ether oxygens (including phenoxy) is 1. The van der Waals surface area contributed by atoms with Crippen LogP contribution in [0.5, 0.6) is 0 Å². The molecule has 0 spiro atoms. The van der Waals surface area contributed by atoms with Gasteiger partial charge in [-0.15, -0.1) is 0 Å². The average Bonchev–Trinajstić information content (AvgIpc) is 3.15. The molecule has 1 aromatic rings. The molecule has 2 rings (SSSR count). The zero-order valence-corrected chi connectivity index (χ0v) is 16.7. The van der Waals surface area contributed by atoms with E-state index < -0.39 is 0 Å². The van der Waals surface area contributed by atoms with Crippen LogP contribution in [-0.4, -0.2) is 68.7 Å². The summed E-state index contributed by atoms with van der Waals surface area (Å²) in [4.78, 5) is 18.7. The molecule has 1 aromatic heterocycles. The number of aliphatic imine (C=N–C) groups is 1. The third-order valence-electron chi connectivity index (χ3n) is 4.11. The Labute approximate surface area is 161 Å². The predicted octanol–water partition coefficient (Wildman–Crippen LogP) is 0.808. The number of guanidine groups is 1. The van der Waals surface area contributed by atoms with Crippen molar-refractivity contribution in [1.29, 1.82) is 0 Å². The summed E-state index contributed by atoms with van der Waals surface area (Å²) in [5.41, 5.74) is 0. The second-order valence-electron chi connectivity index (χ2n) is 7.08. The summed E-state index contributed by atoms with van der Waals surface area (Å²) in [6.07, 6.45) is 1.71. The highest BCUT2D eigenvalue weighted by Crippen LogP contribution is 2.07. The van der Waals surface area contributed by atoms with Crippen LogP contribution in [0.4, 0.5) is 0 Å². The SMILES string of the molecule is CCNC(=NCC(=O)NCc1ccco1)NCC1CN(CC(C)C)CCO1. The minimum Gasteiger partial charge on any atom is -0.467 e. The highest BCUT2D eigenvalue weighted by atomic mass is 16.5. The van der Waals surface area contributed by atoms with Crippen LogP contribution in [0, 0.1) is 5.92 Å². The third-order valence-corrected chi connectivity index (χ3v) is 4.11. The zero-order chi connectivity index (χ0) is 19.5. The summed E-state index contributed by atoms with van der Waals surface area (Å²) in [6.45, 7) is 12.0. The fourth-order valence-corrected chi connectivity index (χ4v) is 2.94. The number of hydrogen-bond donors (Lipinski definition) is 3. The fraction of sp³-hybridized carbons (Fsp3) is 0.684. The first kappa shape index (κ1) is 21.2. The maximum atomic E-state index is 12.0. The predicted molar refractivity (Wildman–Crippen MR) is 106 cm³/mol. The topological polar surface area (TPSA) is 91.1 Å². The van der Waals surface area contributed by atoms with Gasteiger partial charge in [-0.05, 0) is 25.0 Å². The molecule has 2 heterocycles. The number of carbonyl (C=O) groups is 1. The molecule has 152 valence electrons. The summed E-state index contributed by atoms with van der Waals surface area (Å²) in [5, 5.41) is 9.23. The fourth-order valence-electron chi connectivity index (χ4n) is 2.94. The smallest absolute Gasteiger partial charge is 0.242 e. The molecular formula is C19H33N5O3. The lowest BCUT2D eigenvalue weighted by Crippen LogP contribution is -2.50. The van der Waals surface area contributed by atoms with Crippen molar-refractivity contribution in [2.24, 2.45) is 10.9 Å². The van der Waals surface area contributed by atoms with E-state index in [1.165, 1.54) is 0 Å². The van der Waals surface area contributed by atoms with Gasteiger partial charge in [0, 0.05) is 32.7 Å². The van der Waals surface area contributed by atoms with Crippen LogP contribution in [0.3, 0.4) is 0 Å². The number of hydrogen-bond acceptors (Lipinski definition) is 5. The number of nitrogens with one attached hydrogen (secondary N) is 3. The Morgan fingerprint density at radius 2 is 2.22 bits per heavy atom. The molecule has 0 aromatic carbocycles. The van der Waals surface area contributed by atoms with Crippen LogP contribution < -0.4 is 16.0 Å². The maximum absolute atomic E-state index is 12.0. The van der Waals surface area contributed by atoms with Gasteiger partial charge < -0.3 is 25.1 Å². The molecule has 1 fully saturated rings. The molecule has 1 aliphatic rings. The quantitative estimate of drug-likeness (QED) is 0.434. The molecule has 8 nitrogen and oxygen atoms in total. The molecular weight excluding hydrogens is 346 g/mol. The van der Waals surface area contributed by atoms with Crippen LogP contribution in [0.1, 0.15) is 26.5 Å². The number of rotatable bonds is 9. The van der Waals surface area contributed by atoms with Gasteiger partial charge in [0.2, 0.25) is 5.91 Å². The lowest BCUT2D eigenvalue weighted by atomic mass is 10.2. The second kappa shape index (κ2) is 11.6. The van der Waals surface area contributed by atoms with E-state index in [-0.39, 0.29) is 18.6 Å². The van der Waals surface area contributed by atoms with Crippen LogP contribution in [0.15, 0.2) is 27.8 Å². The van der Waals surface area contributed by atoms with E-state index in [2.05, 4.69) is 39.7 Å². The first-order chi connectivity index (χ1) is 13.1. The van der Waals surface area contributed by atoms with E-state index in [4.69, 9.17) is 9.15 Å². The summed E-state index contributed by atoms with van der Waals surface area (Å²) in [6, 6.07) is 3.62. The molecule has 1 unspecified atom stereocenters. The standard InChI is InChI=1S/C19H33N5O3/c1-4-20-19(23-12-18(25)21-10-16-6-5-8-26-16)22-11-17-14-24(7-9-27-17)13-15(2)3/h5-6,8,15,17H,4,7,9-14H2,1-3H3,(H,21,25)(H2,20,22,23). The van der Waals surface area contributed by atoms with E-state index in [0.29, 0.717) is 25.0 Å². The number of morpholine rings is 1. The molecule has 1 amide bonds. The molecule has 0 aliphatic carbocycles. The van der Waals surface area contributed by atoms with Gasteiger partial charge in [-0.1, -0.05) is 13.8 Å². The summed E-state index contributed by atoms with van der Waals surface area (Å²) >= 11 is 0. The largest absolute Gasteiger partial charge is 0.467 e. The van der Waals surface area contributed by atoms with Crippen molar-refractivity contribution in [3.05, 3.63) is 24.2 Å². The second-order valence-corrected chi connectivity index (χ2v) is 7.08. The number of nitrogens with zero attached hydrogens (tertiary/aromatic N) is 2. The van der Waals surface area contributed by atoms with Crippen molar-refractivity contribution >= 4 is 11.9 Å². The first-order valence-electron chi connectivity index (χ1n) is 9.72.